The quantitative estimate of drug-likeness (QED) is 0.777. The fourth-order valence-electron chi connectivity index (χ4n) is 2.56. The lowest BCUT2D eigenvalue weighted by Gasteiger charge is -2.07. The maximum Gasteiger partial charge on any atom is 0.295 e. The van der Waals surface area contributed by atoms with Crippen molar-refractivity contribution < 1.29 is 9.90 Å². The van der Waals surface area contributed by atoms with Gasteiger partial charge in [0.2, 0.25) is 0 Å². The number of hydrogen-bond donors (Lipinski definition) is 2. The minimum Gasteiger partial charge on any atom is -0.507 e. The summed E-state index contributed by atoms with van der Waals surface area (Å²) in [5, 5.41) is 12.4. The van der Waals surface area contributed by atoms with Crippen LogP contribution in [-0.4, -0.2) is 20.4 Å². The molecule has 0 bridgehead atoms. The molecular formula is C18H17N3O3. The Morgan fingerprint density at radius 2 is 1.67 bits per heavy atom. The van der Waals surface area contributed by atoms with Crippen LogP contribution in [0.2, 0.25) is 0 Å². The number of carbonyl (C=O) groups excluding carboxylic acids is 1. The van der Waals surface area contributed by atoms with E-state index in [2.05, 4.69) is 5.32 Å². The largest absolute Gasteiger partial charge is 0.507 e. The minimum atomic E-state index is -0.529. The number of nitrogens with one attached hydrogen (secondary N) is 1. The second kappa shape index (κ2) is 6.08. The molecule has 0 radical (unpaired) electrons. The van der Waals surface area contributed by atoms with Crippen molar-refractivity contribution in [3.63, 3.8) is 0 Å². The van der Waals surface area contributed by atoms with E-state index in [4.69, 9.17) is 0 Å². The van der Waals surface area contributed by atoms with Gasteiger partial charge < -0.3 is 10.4 Å². The molecule has 0 saturated heterocycles. The first-order valence-electron chi connectivity index (χ1n) is 7.44. The number of benzene rings is 2. The second-order valence-corrected chi connectivity index (χ2v) is 5.41. The van der Waals surface area contributed by atoms with Gasteiger partial charge in [-0.1, -0.05) is 30.3 Å². The number of aromatic nitrogens is 2. The topological polar surface area (TPSA) is 76.3 Å². The van der Waals surface area contributed by atoms with Crippen molar-refractivity contribution in [3.05, 3.63) is 76.2 Å². The van der Waals surface area contributed by atoms with Gasteiger partial charge in [0.05, 0.1) is 16.9 Å². The first-order valence-corrected chi connectivity index (χ1v) is 7.44. The number of anilines is 1. The predicted octanol–water partition coefficient (Wildman–Crippen LogP) is 2.44. The fraction of sp³-hybridized carbons (Fsp3) is 0.111. The van der Waals surface area contributed by atoms with Crippen molar-refractivity contribution in [2.45, 2.75) is 6.92 Å². The van der Waals surface area contributed by atoms with Crippen LogP contribution in [0.15, 0.2) is 59.4 Å². The van der Waals surface area contributed by atoms with Gasteiger partial charge in [0.1, 0.15) is 11.4 Å². The summed E-state index contributed by atoms with van der Waals surface area (Å²) >= 11 is 0. The lowest BCUT2D eigenvalue weighted by Crippen LogP contribution is -2.23. The van der Waals surface area contributed by atoms with E-state index in [9.17, 15) is 14.7 Å². The molecule has 122 valence electrons. The van der Waals surface area contributed by atoms with Gasteiger partial charge in [-0.25, -0.2) is 4.68 Å². The lowest BCUT2D eigenvalue weighted by atomic mass is 10.2. The summed E-state index contributed by atoms with van der Waals surface area (Å²) in [4.78, 5) is 25.1. The number of carbonyl (C=O) groups is 1. The van der Waals surface area contributed by atoms with Gasteiger partial charge in [-0.15, -0.1) is 0 Å². The number of phenolic OH excluding ortho intramolecular Hbond substituents is 1. The number of hydrogen-bond acceptors (Lipinski definition) is 3. The Labute approximate surface area is 138 Å². The molecule has 2 aromatic carbocycles. The fourth-order valence-corrected chi connectivity index (χ4v) is 2.56. The Hall–Kier alpha value is -3.28. The van der Waals surface area contributed by atoms with Crippen molar-refractivity contribution in [1.82, 2.24) is 9.36 Å². The molecular weight excluding hydrogens is 306 g/mol. The van der Waals surface area contributed by atoms with Gasteiger partial charge >= 0.3 is 0 Å². The van der Waals surface area contributed by atoms with E-state index >= 15 is 0 Å². The molecule has 3 aromatic rings. The van der Waals surface area contributed by atoms with Crippen LogP contribution in [0, 0.1) is 6.92 Å². The molecule has 24 heavy (non-hydrogen) atoms. The van der Waals surface area contributed by atoms with E-state index < -0.39 is 5.91 Å². The van der Waals surface area contributed by atoms with Gasteiger partial charge in [-0.3, -0.25) is 14.3 Å². The monoisotopic (exact) mass is 323 g/mol. The molecule has 1 aromatic heterocycles. The van der Waals surface area contributed by atoms with E-state index in [0.29, 0.717) is 11.4 Å². The molecule has 6 heteroatoms. The predicted molar refractivity (Wildman–Crippen MR) is 91.8 cm³/mol. The Morgan fingerprint density at radius 1 is 1.04 bits per heavy atom. The van der Waals surface area contributed by atoms with Crippen LogP contribution < -0.4 is 10.9 Å². The van der Waals surface area contributed by atoms with Crippen LogP contribution in [0.25, 0.3) is 5.69 Å². The first kappa shape index (κ1) is 15.6. The highest BCUT2D eigenvalue weighted by atomic mass is 16.3. The average Bonchev–Trinajstić information content (AvgIpc) is 2.79. The molecule has 0 aliphatic heterocycles. The molecule has 0 unspecified atom stereocenters. The van der Waals surface area contributed by atoms with Gasteiger partial charge in [-0.05, 0) is 31.2 Å². The number of amides is 1. The molecule has 6 nitrogen and oxygen atoms in total. The summed E-state index contributed by atoms with van der Waals surface area (Å²) < 4.78 is 3.16. The first-order chi connectivity index (χ1) is 11.5. The highest BCUT2D eigenvalue weighted by Crippen LogP contribution is 2.19. The van der Waals surface area contributed by atoms with Crippen LogP contribution >= 0.6 is 0 Å². The van der Waals surface area contributed by atoms with E-state index in [0.717, 1.165) is 0 Å². The van der Waals surface area contributed by atoms with Crippen molar-refractivity contribution in [2.24, 2.45) is 7.05 Å². The molecule has 1 heterocycles. The zero-order chi connectivity index (χ0) is 17.3. The molecule has 0 spiro atoms. The maximum absolute atomic E-state index is 12.7. The maximum atomic E-state index is 12.7. The van der Waals surface area contributed by atoms with Crippen LogP contribution in [0.4, 0.5) is 5.69 Å². The van der Waals surface area contributed by atoms with Crippen molar-refractivity contribution in [3.8, 4) is 11.4 Å². The number of rotatable bonds is 3. The van der Waals surface area contributed by atoms with E-state index in [-0.39, 0.29) is 22.6 Å². The van der Waals surface area contributed by atoms with Crippen LogP contribution in [0.5, 0.6) is 5.75 Å². The highest BCUT2D eigenvalue weighted by Gasteiger charge is 2.19. The van der Waals surface area contributed by atoms with E-state index in [1.807, 2.05) is 30.3 Å². The van der Waals surface area contributed by atoms with Gasteiger partial charge in [-0.2, -0.15) is 0 Å². The molecule has 2 N–H and O–H groups in total. The van der Waals surface area contributed by atoms with E-state index in [1.165, 1.54) is 16.8 Å². The third-order valence-electron chi connectivity index (χ3n) is 3.94. The Morgan fingerprint density at radius 3 is 2.33 bits per heavy atom. The molecule has 0 saturated carbocycles. The number of phenols is 1. The Bertz CT molecular complexity index is 955. The Balaban J connectivity index is 2.03. The van der Waals surface area contributed by atoms with E-state index in [1.54, 1.807) is 30.8 Å². The zero-order valence-corrected chi connectivity index (χ0v) is 13.4. The van der Waals surface area contributed by atoms with Crippen molar-refractivity contribution in [2.75, 3.05) is 5.32 Å². The molecule has 0 aliphatic carbocycles. The zero-order valence-electron chi connectivity index (χ0n) is 13.4. The summed E-state index contributed by atoms with van der Waals surface area (Å²) in [7, 11) is 1.75. The molecule has 1 amide bonds. The van der Waals surface area contributed by atoms with Crippen molar-refractivity contribution >= 4 is 11.6 Å². The summed E-state index contributed by atoms with van der Waals surface area (Å²) in [6, 6.07) is 15.4. The second-order valence-electron chi connectivity index (χ2n) is 5.41. The summed E-state index contributed by atoms with van der Waals surface area (Å²) in [6.07, 6.45) is 0. The van der Waals surface area contributed by atoms with Gasteiger partial charge in [0.25, 0.3) is 11.5 Å². The summed E-state index contributed by atoms with van der Waals surface area (Å²) in [5.74, 6) is -0.661. The molecule has 3 rings (SSSR count). The number of nitrogens with zero attached hydrogens (tertiary/aromatic N) is 2. The SMILES string of the molecule is Cc1c(NC(=O)c2ccccc2O)c(=O)n(-c2ccccc2)n1C. The third-order valence-corrected chi connectivity index (χ3v) is 3.94. The molecule has 0 aliphatic rings. The third kappa shape index (κ3) is 2.58. The highest BCUT2D eigenvalue weighted by molar-refractivity contribution is 6.06. The normalized spacial score (nSPS) is 10.6. The summed E-state index contributed by atoms with van der Waals surface area (Å²) in [6.45, 7) is 1.75. The standard InChI is InChI=1S/C18H17N3O3/c1-12-16(19-17(23)14-10-6-7-11-15(14)22)18(24)21(20(12)2)13-8-4-3-5-9-13/h3-11,22H,1-2H3,(H,19,23). The lowest BCUT2D eigenvalue weighted by molar-refractivity contribution is 0.102. The molecule has 0 atom stereocenters. The minimum absolute atomic E-state index is 0.117. The van der Waals surface area contributed by atoms with Crippen LogP contribution in [0.3, 0.4) is 0 Å². The Kier molecular flexibility index (Phi) is 3.95. The molecule has 0 fully saturated rings. The smallest absolute Gasteiger partial charge is 0.295 e. The van der Waals surface area contributed by atoms with Crippen molar-refractivity contribution in [1.29, 1.82) is 0 Å². The summed E-state index contributed by atoms with van der Waals surface area (Å²) in [5.41, 5.74) is 1.30. The van der Waals surface area contributed by atoms with Crippen LogP contribution in [0.1, 0.15) is 16.1 Å². The van der Waals surface area contributed by atoms with Gasteiger partial charge in [0, 0.05) is 7.05 Å². The van der Waals surface area contributed by atoms with Crippen LogP contribution in [-0.2, 0) is 7.05 Å². The van der Waals surface area contributed by atoms with Gasteiger partial charge in [0.15, 0.2) is 0 Å². The average molecular weight is 323 g/mol. The number of aromatic hydroxyl groups is 1. The number of para-hydroxylation sites is 2.